The third-order valence-electron chi connectivity index (χ3n) is 2.79. The van der Waals surface area contributed by atoms with Crippen LogP contribution in [0.15, 0.2) is 12.3 Å². The highest BCUT2D eigenvalue weighted by Crippen LogP contribution is 2.30. The fourth-order valence-electron chi connectivity index (χ4n) is 1.84. The lowest BCUT2D eigenvalue weighted by atomic mass is 10.1. The predicted molar refractivity (Wildman–Crippen MR) is 58.0 cm³/mol. The minimum absolute atomic E-state index is 0.335. The smallest absolute Gasteiger partial charge is 0.336 e. The number of hydrogen-bond donors (Lipinski definition) is 1. The second kappa shape index (κ2) is 5.12. The molecule has 0 bridgehead atoms. The lowest BCUT2D eigenvalue weighted by molar-refractivity contribution is -0.143. The highest BCUT2D eigenvalue weighted by molar-refractivity contribution is 5.94. The first kappa shape index (κ1) is 13.7. The van der Waals surface area contributed by atoms with Crippen molar-refractivity contribution in [2.45, 2.75) is 6.18 Å². The average molecular weight is 277 g/mol. The molecule has 2 heterocycles. The van der Waals surface area contributed by atoms with Crippen LogP contribution in [0, 0.1) is 5.82 Å². The number of nitrogens with one attached hydrogen (secondary N) is 1. The summed E-state index contributed by atoms with van der Waals surface area (Å²) in [7, 11) is 0. The van der Waals surface area contributed by atoms with E-state index in [9.17, 15) is 22.4 Å². The quantitative estimate of drug-likeness (QED) is 0.787. The van der Waals surface area contributed by atoms with Gasteiger partial charge in [-0.25, -0.2) is 9.37 Å². The van der Waals surface area contributed by atoms with Gasteiger partial charge in [-0.1, -0.05) is 0 Å². The number of alkyl halides is 3. The van der Waals surface area contributed by atoms with Gasteiger partial charge in [-0.15, -0.1) is 0 Å². The predicted octanol–water partition coefficient (Wildman–Crippen LogP) is 1.28. The van der Waals surface area contributed by atoms with Crippen molar-refractivity contribution < 1.29 is 22.4 Å². The summed E-state index contributed by atoms with van der Waals surface area (Å²) in [6.07, 6.45) is -4.12. The molecule has 0 unspecified atom stereocenters. The number of pyridine rings is 1. The van der Waals surface area contributed by atoms with E-state index in [0.717, 1.165) is 12.3 Å². The van der Waals surface area contributed by atoms with E-state index in [1.54, 1.807) is 0 Å². The van der Waals surface area contributed by atoms with Crippen molar-refractivity contribution in [3.8, 4) is 0 Å². The molecule has 0 atom stereocenters. The van der Waals surface area contributed by atoms with Crippen LogP contribution in [-0.2, 0) is 6.18 Å². The molecular formula is C11H11F4N3O. The fraction of sp³-hybridized carbons (Fsp3) is 0.455. The molecule has 0 aliphatic carbocycles. The molecule has 104 valence electrons. The number of carbonyl (C=O) groups is 1. The second-order valence-electron chi connectivity index (χ2n) is 4.06. The van der Waals surface area contributed by atoms with E-state index >= 15 is 0 Å². The molecule has 1 aliphatic rings. The highest BCUT2D eigenvalue weighted by Gasteiger charge is 2.38. The van der Waals surface area contributed by atoms with Crippen LogP contribution in [0.2, 0.25) is 0 Å². The van der Waals surface area contributed by atoms with Gasteiger partial charge >= 0.3 is 6.18 Å². The molecule has 1 aromatic rings. The van der Waals surface area contributed by atoms with Gasteiger partial charge in [0.15, 0.2) is 11.5 Å². The van der Waals surface area contributed by atoms with E-state index in [-0.39, 0.29) is 0 Å². The molecule has 1 fully saturated rings. The van der Waals surface area contributed by atoms with E-state index in [2.05, 4.69) is 10.3 Å². The van der Waals surface area contributed by atoms with Gasteiger partial charge in [0, 0.05) is 32.4 Å². The molecule has 19 heavy (non-hydrogen) atoms. The Morgan fingerprint density at radius 3 is 2.53 bits per heavy atom. The van der Waals surface area contributed by atoms with Gasteiger partial charge in [0.2, 0.25) is 0 Å². The Labute approximate surface area is 106 Å². The average Bonchev–Trinajstić information content (AvgIpc) is 2.38. The van der Waals surface area contributed by atoms with Crippen molar-refractivity contribution in [1.29, 1.82) is 0 Å². The van der Waals surface area contributed by atoms with E-state index < -0.39 is 29.2 Å². The Morgan fingerprint density at radius 1 is 1.32 bits per heavy atom. The fourth-order valence-corrected chi connectivity index (χ4v) is 1.84. The van der Waals surface area contributed by atoms with Gasteiger partial charge in [-0.2, -0.15) is 13.2 Å². The van der Waals surface area contributed by atoms with Crippen molar-refractivity contribution in [2.75, 3.05) is 26.2 Å². The monoisotopic (exact) mass is 277 g/mol. The van der Waals surface area contributed by atoms with Crippen LogP contribution in [0.3, 0.4) is 0 Å². The molecule has 4 nitrogen and oxygen atoms in total. The Kier molecular flexibility index (Phi) is 3.70. The lowest BCUT2D eigenvalue weighted by Gasteiger charge is -2.27. The Hall–Kier alpha value is -1.70. The molecule has 1 N–H and O–H groups in total. The third kappa shape index (κ3) is 2.83. The molecule has 0 aromatic carbocycles. The van der Waals surface area contributed by atoms with Crippen LogP contribution >= 0.6 is 0 Å². The molecule has 0 radical (unpaired) electrons. The number of nitrogens with zero attached hydrogens (tertiary/aromatic N) is 2. The molecular weight excluding hydrogens is 266 g/mol. The maximum absolute atomic E-state index is 13.7. The van der Waals surface area contributed by atoms with Gasteiger partial charge in [0.05, 0.1) is 5.56 Å². The maximum Gasteiger partial charge on any atom is 0.436 e. The molecule has 0 spiro atoms. The zero-order chi connectivity index (χ0) is 14.0. The Bertz CT molecular complexity index is 483. The van der Waals surface area contributed by atoms with Crippen LogP contribution in [-0.4, -0.2) is 42.0 Å². The first-order valence-corrected chi connectivity index (χ1v) is 5.63. The summed E-state index contributed by atoms with van der Waals surface area (Å²) in [6, 6.07) is 0.967. The van der Waals surface area contributed by atoms with Crippen LogP contribution < -0.4 is 5.32 Å². The van der Waals surface area contributed by atoms with Gasteiger partial charge in [0.1, 0.15) is 0 Å². The number of carbonyl (C=O) groups excluding carboxylic acids is 1. The molecule has 8 heteroatoms. The number of rotatable bonds is 1. The zero-order valence-electron chi connectivity index (χ0n) is 9.80. The largest absolute Gasteiger partial charge is 0.436 e. The zero-order valence-corrected chi connectivity index (χ0v) is 9.80. The van der Waals surface area contributed by atoms with Crippen molar-refractivity contribution in [3.63, 3.8) is 0 Å². The SMILES string of the molecule is O=C(c1ccnc(C(F)(F)F)c1F)N1CCNCC1. The summed E-state index contributed by atoms with van der Waals surface area (Å²) in [6.45, 7) is 1.74. The normalized spacial score (nSPS) is 16.5. The number of halogens is 4. The summed E-state index contributed by atoms with van der Waals surface area (Å²) in [5, 5.41) is 2.99. The minimum atomic E-state index is -4.91. The second-order valence-corrected chi connectivity index (χ2v) is 4.06. The molecule has 2 rings (SSSR count). The Morgan fingerprint density at radius 2 is 1.95 bits per heavy atom. The third-order valence-corrected chi connectivity index (χ3v) is 2.79. The molecule has 1 aliphatic heterocycles. The number of hydrogen-bond acceptors (Lipinski definition) is 3. The summed E-state index contributed by atoms with van der Waals surface area (Å²) in [4.78, 5) is 16.2. The van der Waals surface area contributed by atoms with Gasteiger partial charge in [-0.05, 0) is 6.07 Å². The van der Waals surface area contributed by atoms with Crippen LogP contribution in [0.4, 0.5) is 17.6 Å². The number of amides is 1. The van der Waals surface area contributed by atoms with E-state index in [4.69, 9.17) is 0 Å². The minimum Gasteiger partial charge on any atom is -0.336 e. The summed E-state index contributed by atoms with van der Waals surface area (Å²) >= 11 is 0. The molecule has 1 aromatic heterocycles. The van der Waals surface area contributed by atoms with Crippen LogP contribution in [0.5, 0.6) is 0 Å². The Balaban J connectivity index is 2.32. The summed E-state index contributed by atoms with van der Waals surface area (Å²) < 4.78 is 51.2. The van der Waals surface area contributed by atoms with Gasteiger partial charge in [0.25, 0.3) is 5.91 Å². The molecule has 0 saturated carbocycles. The van der Waals surface area contributed by atoms with Crippen LogP contribution in [0.25, 0.3) is 0 Å². The number of piperazine rings is 1. The van der Waals surface area contributed by atoms with E-state index in [1.807, 2.05) is 0 Å². The van der Waals surface area contributed by atoms with Gasteiger partial charge < -0.3 is 10.2 Å². The lowest BCUT2D eigenvalue weighted by Crippen LogP contribution is -2.46. The van der Waals surface area contributed by atoms with Crippen molar-refractivity contribution >= 4 is 5.91 Å². The standard InChI is InChI=1S/C11H11F4N3O/c12-8-7(1-2-17-9(8)11(13,14)15)10(19)18-5-3-16-4-6-18/h1-2,16H,3-6H2. The maximum atomic E-state index is 13.7. The topological polar surface area (TPSA) is 45.2 Å². The van der Waals surface area contributed by atoms with Crippen molar-refractivity contribution in [1.82, 2.24) is 15.2 Å². The first-order chi connectivity index (χ1) is 8.91. The van der Waals surface area contributed by atoms with E-state index in [0.29, 0.717) is 26.2 Å². The van der Waals surface area contributed by atoms with Crippen molar-refractivity contribution in [3.05, 3.63) is 29.3 Å². The summed E-state index contributed by atoms with van der Waals surface area (Å²) in [5.74, 6) is -2.36. The summed E-state index contributed by atoms with van der Waals surface area (Å²) in [5.41, 5.74) is -2.25. The van der Waals surface area contributed by atoms with E-state index in [1.165, 1.54) is 4.90 Å². The van der Waals surface area contributed by atoms with Crippen LogP contribution in [0.1, 0.15) is 16.1 Å². The number of aromatic nitrogens is 1. The molecule has 1 amide bonds. The molecule has 1 saturated heterocycles. The first-order valence-electron chi connectivity index (χ1n) is 5.63. The van der Waals surface area contributed by atoms with Crippen molar-refractivity contribution in [2.24, 2.45) is 0 Å². The highest BCUT2D eigenvalue weighted by atomic mass is 19.4. The van der Waals surface area contributed by atoms with Gasteiger partial charge in [-0.3, -0.25) is 4.79 Å².